The predicted octanol–water partition coefficient (Wildman–Crippen LogP) is 2.18. The van der Waals surface area contributed by atoms with Gasteiger partial charge in [-0.1, -0.05) is 20.8 Å². The molecule has 2 rings (SSSR count). The first-order chi connectivity index (χ1) is 10.0. The van der Waals surface area contributed by atoms with Crippen molar-refractivity contribution in [3.63, 3.8) is 0 Å². The number of nitrogens with one attached hydrogen (secondary N) is 2. The highest BCUT2D eigenvalue weighted by atomic mass is 32.1. The molecule has 1 aliphatic carbocycles. The molecule has 0 amide bonds. The van der Waals surface area contributed by atoms with Gasteiger partial charge < -0.3 is 15.4 Å². The summed E-state index contributed by atoms with van der Waals surface area (Å²) in [5, 5.41) is 7.92. The van der Waals surface area contributed by atoms with Gasteiger partial charge in [-0.25, -0.2) is 4.98 Å². The largest absolute Gasteiger partial charge is 0.381 e. The minimum atomic E-state index is 0.128. The Hall–Kier alpha value is -1.14. The molecule has 21 heavy (non-hydrogen) atoms. The molecule has 1 saturated carbocycles. The molecule has 5 nitrogen and oxygen atoms in total. The van der Waals surface area contributed by atoms with Crippen LogP contribution in [0.15, 0.2) is 11.2 Å². The van der Waals surface area contributed by atoms with Crippen LogP contribution in [0.1, 0.15) is 37.1 Å². The van der Waals surface area contributed by atoms with Crippen molar-refractivity contribution in [2.24, 2.45) is 10.4 Å². The third-order valence-electron chi connectivity index (χ3n) is 4.35. The summed E-state index contributed by atoms with van der Waals surface area (Å²) in [5.41, 5.74) is 0.128. The number of thiazole rings is 1. The van der Waals surface area contributed by atoms with Crippen molar-refractivity contribution < 1.29 is 4.74 Å². The van der Waals surface area contributed by atoms with Crippen LogP contribution in [-0.2, 0) is 17.7 Å². The van der Waals surface area contributed by atoms with E-state index in [0.29, 0.717) is 18.7 Å². The van der Waals surface area contributed by atoms with Gasteiger partial charge in [-0.3, -0.25) is 4.99 Å². The van der Waals surface area contributed by atoms with Crippen LogP contribution in [0.5, 0.6) is 0 Å². The molecular formula is C15H26N4OS. The van der Waals surface area contributed by atoms with Gasteiger partial charge in [0.25, 0.3) is 0 Å². The van der Waals surface area contributed by atoms with Crippen LogP contribution in [0.3, 0.4) is 0 Å². The van der Waals surface area contributed by atoms with E-state index in [4.69, 9.17) is 4.74 Å². The lowest BCUT2D eigenvalue weighted by atomic mass is 9.64. The summed E-state index contributed by atoms with van der Waals surface area (Å²) in [6.45, 7) is 7.31. The van der Waals surface area contributed by atoms with E-state index in [1.807, 2.05) is 6.20 Å². The van der Waals surface area contributed by atoms with E-state index in [1.54, 1.807) is 25.5 Å². The monoisotopic (exact) mass is 310 g/mol. The SMILES string of the molecule is CCc1cnc(CNC(=NC)NC2CC(OC)C2(C)C)s1. The van der Waals surface area contributed by atoms with Crippen LogP contribution in [0.25, 0.3) is 0 Å². The van der Waals surface area contributed by atoms with Crippen molar-refractivity contribution in [2.75, 3.05) is 14.2 Å². The number of hydrogen-bond acceptors (Lipinski definition) is 4. The molecule has 1 heterocycles. The first-order valence-corrected chi connectivity index (χ1v) is 8.26. The van der Waals surface area contributed by atoms with Crippen LogP contribution in [0, 0.1) is 5.41 Å². The lowest BCUT2D eigenvalue weighted by Crippen LogP contribution is -2.63. The topological polar surface area (TPSA) is 58.5 Å². The number of aromatic nitrogens is 1. The summed E-state index contributed by atoms with van der Waals surface area (Å²) < 4.78 is 5.48. The van der Waals surface area contributed by atoms with Gasteiger partial charge in [-0.15, -0.1) is 11.3 Å². The molecule has 2 N–H and O–H groups in total. The van der Waals surface area contributed by atoms with E-state index in [-0.39, 0.29) is 5.41 Å². The van der Waals surface area contributed by atoms with E-state index in [9.17, 15) is 0 Å². The van der Waals surface area contributed by atoms with Crippen LogP contribution < -0.4 is 10.6 Å². The molecule has 0 radical (unpaired) electrons. The molecule has 2 atom stereocenters. The Morgan fingerprint density at radius 3 is 2.86 bits per heavy atom. The maximum absolute atomic E-state index is 5.48. The predicted molar refractivity (Wildman–Crippen MR) is 87.8 cm³/mol. The second kappa shape index (κ2) is 6.75. The van der Waals surface area contributed by atoms with Crippen molar-refractivity contribution in [1.82, 2.24) is 15.6 Å². The number of hydrogen-bond donors (Lipinski definition) is 2. The van der Waals surface area contributed by atoms with E-state index in [0.717, 1.165) is 23.8 Å². The molecule has 0 saturated heterocycles. The van der Waals surface area contributed by atoms with Gasteiger partial charge in [-0.2, -0.15) is 0 Å². The average molecular weight is 310 g/mol. The Labute approximate surface area is 131 Å². The Morgan fingerprint density at radius 1 is 1.57 bits per heavy atom. The fourth-order valence-electron chi connectivity index (χ4n) is 2.64. The minimum absolute atomic E-state index is 0.128. The summed E-state index contributed by atoms with van der Waals surface area (Å²) in [6, 6.07) is 0.385. The molecule has 1 aromatic rings. The van der Waals surface area contributed by atoms with Crippen molar-refractivity contribution in [1.29, 1.82) is 0 Å². The van der Waals surface area contributed by atoms with E-state index in [2.05, 4.69) is 41.4 Å². The number of aliphatic imine (C=N–C) groups is 1. The Bertz CT molecular complexity index is 498. The van der Waals surface area contributed by atoms with Crippen LogP contribution in [-0.4, -0.2) is 37.2 Å². The van der Waals surface area contributed by atoms with E-state index < -0.39 is 0 Å². The number of methoxy groups -OCH3 is 1. The number of nitrogens with zero attached hydrogens (tertiary/aromatic N) is 2. The number of guanidine groups is 1. The van der Waals surface area contributed by atoms with Gasteiger partial charge >= 0.3 is 0 Å². The van der Waals surface area contributed by atoms with E-state index >= 15 is 0 Å². The smallest absolute Gasteiger partial charge is 0.191 e. The number of ether oxygens (including phenoxy) is 1. The molecule has 1 fully saturated rings. The third kappa shape index (κ3) is 3.55. The first kappa shape index (κ1) is 16.2. The van der Waals surface area contributed by atoms with Crippen LogP contribution in [0.2, 0.25) is 0 Å². The van der Waals surface area contributed by atoms with Gasteiger partial charge in [0.2, 0.25) is 0 Å². The Kier molecular flexibility index (Phi) is 5.22. The summed E-state index contributed by atoms with van der Waals surface area (Å²) >= 11 is 1.75. The zero-order valence-corrected chi connectivity index (χ0v) is 14.4. The summed E-state index contributed by atoms with van der Waals surface area (Å²) in [4.78, 5) is 10.0. The fraction of sp³-hybridized carbons (Fsp3) is 0.733. The summed E-state index contributed by atoms with van der Waals surface area (Å²) in [5.74, 6) is 0.830. The third-order valence-corrected chi connectivity index (χ3v) is 5.50. The quantitative estimate of drug-likeness (QED) is 0.646. The van der Waals surface area contributed by atoms with Crippen LogP contribution in [0.4, 0.5) is 0 Å². The summed E-state index contributed by atoms with van der Waals surface area (Å²) in [6.07, 6.45) is 4.33. The molecule has 0 aliphatic heterocycles. The molecule has 118 valence electrons. The lowest BCUT2D eigenvalue weighted by Gasteiger charge is -2.51. The second-order valence-corrected chi connectivity index (χ2v) is 7.18. The van der Waals surface area contributed by atoms with Gasteiger partial charge in [-0.05, 0) is 12.8 Å². The molecule has 0 bridgehead atoms. The highest BCUT2D eigenvalue weighted by molar-refractivity contribution is 7.11. The zero-order chi connectivity index (χ0) is 15.5. The molecule has 0 spiro atoms. The van der Waals surface area contributed by atoms with Crippen molar-refractivity contribution in [3.8, 4) is 0 Å². The second-order valence-electron chi connectivity index (χ2n) is 5.98. The molecule has 1 aliphatic rings. The lowest BCUT2D eigenvalue weighted by molar-refractivity contribution is -0.0922. The number of aryl methyl sites for hydroxylation is 1. The standard InChI is InChI=1S/C15H26N4OS/c1-6-10-8-17-13(21-10)9-18-14(16-4)19-11-7-12(20-5)15(11,2)3/h8,11-12H,6-7,9H2,1-5H3,(H2,16,18,19). The number of rotatable bonds is 5. The van der Waals surface area contributed by atoms with Crippen molar-refractivity contribution in [3.05, 3.63) is 16.1 Å². The minimum Gasteiger partial charge on any atom is -0.381 e. The average Bonchev–Trinajstić information content (AvgIpc) is 2.94. The Morgan fingerprint density at radius 2 is 2.33 bits per heavy atom. The van der Waals surface area contributed by atoms with Crippen LogP contribution >= 0.6 is 11.3 Å². The Balaban J connectivity index is 1.84. The maximum Gasteiger partial charge on any atom is 0.191 e. The fourth-order valence-corrected chi connectivity index (χ4v) is 3.44. The highest BCUT2D eigenvalue weighted by Gasteiger charge is 2.48. The maximum atomic E-state index is 5.48. The van der Waals surface area contributed by atoms with Gasteiger partial charge in [0.05, 0.1) is 12.6 Å². The highest BCUT2D eigenvalue weighted by Crippen LogP contribution is 2.42. The zero-order valence-electron chi connectivity index (χ0n) is 13.6. The van der Waals surface area contributed by atoms with E-state index in [1.165, 1.54) is 4.88 Å². The molecule has 1 aromatic heterocycles. The van der Waals surface area contributed by atoms with Gasteiger partial charge in [0.1, 0.15) is 5.01 Å². The van der Waals surface area contributed by atoms with Crippen molar-refractivity contribution in [2.45, 2.75) is 52.3 Å². The molecule has 6 heteroatoms. The molecular weight excluding hydrogens is 284 g/mol. The first-order valence-electron chi connectivity index (χ1n) is 7.44. The normalized spacial score (nSPS) is 24.5. The van der Waals surface area contributed by atoms with Gasteiger partial charge in [0.15, 0.2) is 5.96 Å². The summed E-state index contributed by atoms with van der Waals surface area (Å²) in [7, 11) is 3.58. The molecule has 0 aromatic carbocycles. The molecule has 2 unspecified atom stereocenters. The van der Waals surface area contributed by atoms with Gasteiger partial charge in [0, 0.05) is 36.7 Å². The van der Waals surface area contributed by atoms with Crippen molar-refractivity contribution >= 4 is 17.3 Å².